The standard InChI is InChI=1S/C33H26N2O5/c1-19-17-27-33(23-12-4-5-13-24(23)34-32(33)38)28(31(37)26-15-8-16-40-26)29(35(27)25-14-6-3-11-22(19)25)30(36)20-9-7-10-21(18-20)39-2/h3-18,27-29H,1-2H3,(H,34,38)/t27-,28+,29-,33-/m1/s1. The predicted octanol–water partition coefficient (Wildman–Crippen LogP) is 5.53. The zero-order valence-electron chi connectivity index (χ0n) is 22.0. The van der Waals surface area contributed by atoms with Gasteiger partial charge < -0.3 is 19.4 Å². The minimum Gasteiger partial charge on any atom is -0.497 e. The van der Waals surface area contributed by atoms with Gasteiger partial charge in [0, 0.05) is 22.5 Å². The van der Waals surface area contributed by atoms with Crippen molar-refractivity contribution in [1.82, 2.24) is 0 Å². The molecule has 7 nitrogen and oxygen atoms in total. The average Bonchev–Trinajstić information content (AvgIpc) is 3.70. The third kappa shape index (κ3) is 3.14. The fourth-order valence-electron chi connectivity index (χ4n) is 6.91. The Morgan fingerprint density at radius 2 is 1.75 bits per heavy atom. The number of allylic oxidation sites excluding steroid dienone is 1. The van der Waals surface area contributed by atoms with Gasteiger partial charge in [0.15, 0.2) is 11.5 Å². The molecule has 0 aliphatic carbocycles. The molecule has 0 bridgehead atoms. The number of ketones is 2. The van der Waals surface area contributed by atoms with Crippen LogP contribution in [0.25, 0.3) is 5.57 Å². The summed E-state index contributed by atoms with van der Waals surface area (Å²) in [6.45, 7) is 2.00. The van der Waals surface area contributed by atoms with Crippen LogP contribution in [0, 0.1) is 5.92 Å². The van der Waals surface area contributed by atoms with Crippen LogP contribution in [0.1, 0.15) is 39.0 Å². The number of para-hydroxylation sites is 2. The molecule has 1 saturated heterocycles. The van der Waals surface area contributed by atoms with Crippen molar-refractivity contribution in [2.24, 2.45) is 5.92 Å². The molecule has 1 amide bonds. The number of carbonyl (C=O) groups excluding carboxylic acids is 3. The van der Waals surface area contributed by atoms with Crippen molar-refractivity contribution in [2.75, 3.05) is 17.3 Å². The van der Waals surface area contributed by atoms with Gasteiger partial charge in [-0.2, -0.15) is 0 Å². The third-order valence-electron chi connectivity index (χ3n) is 8.55. The smallest absolute Gasteiger partial charge is 0.238 e. The number of Topliss-reactive ketones (excluding diaryl/α,β-unsaturated/α-hetero) is 2. The molecule has 3 aliphatic rings. The van der Waals surface area contributed by atoms with Crippen molar-refractivity contribution in [3.8, 4) is 5.75 Å². The zero-order chi connectivity index (χ0) is 27.6. The number of rotatable bonds is 5. The molecular formula is C33H26N2O5. The molecule has 1 N–H and O–H groups in total. The lowest BCUT2D eigenvalue weighted by Gasteiger charge is -2.39. The molecule has 4 aromatic rings. The summed E-state index contributed by atoms with van der Waals surface area (Å²) in [6, 6.07) is 23.8. The fraction of sp³-hybridized carbons (Fsp3) is 0.182. The second-order valence-electron chi connectivity index (χ2n) is 10.4. The van der Waals surface area contributed by atoms with Crippen LogP contribution in [-0.4, -0.2) is 36.7 Å². The van der Waals surface area contributed by atoms with E-state index in [9.17, 15) is 14.4 Å². The Balaban J connectivity index is 1.55. The number of hydrogen-bond acceptors (Lipinski definition) is 6. The lowest BCUT2D eigenvalue weighted by molar-refractivity contribution is -0.121. The summed E-state index contributed by atoms with van der Waals surface area (Å²) in [5, 5.41) is 3.04. The molecule has 0 saturated carbocycles. The van der Waals surface area contributed by atoms with E-state index in [2.05, 4.69) is 5.32 Å². The first kappa shape index (κ1) is 24.2. The van der Waals surface area contributed by atoms with Crippen LogP contribution in [0.4, 0.5) is 11.4 Å². The van der Waals surface area contributed by atoms with Gasteiger partial charge in [-0.3, -0.25) is 14.4 Å². The maximum atomic E-state index is 14.7. The summed E-state index contributed by atoms with van der Waals surface area (Å²) < 4.78 is 11.0. The average molecular weight is 531 g/mol. The van der Waals surface area contributed by atoms with E-state index >= 15 is 0 Å². The molecule has 1 spiro atoms. The molecule has 40 heavy (non-hydrogen) atoms. The lowest BCUT2D eigenvalue weighted by atomic mass is 9.64. The monoisotopic (exact) mass is 530 g/mol. The van der Waals surface area contributed by atoms with Crippen molar-refractivity contribution < 1.29 is 23.5 Å². The van der Waals surface area contributed by atoms with Gasteiger partial charge >= 0.3 is 0 Å². The summed E-state index contributed by atoms with van der Waals surface area (Å²) in [4.78, 5) is 45.5. The second kappa shape index (κ2) is 8.81. The SMILES string of the molecule is COc1cccc(C(=O)[C@H]2[C@@H](C(=O)c3ccco3)[C@]3(C(=O)Nc4ccccc43)[C@H]3C=C(C)c4ccccc4N23)c1. The van der Waals surface area contributed by atoms with E-state index < -0.39 is 29.2 Å². The third-order valence-corrected chi connectivity index (χ3v) is 8.55. The summed E-state index contributed by atoms with van der Waals surface area (Å²) in [6.07, 6.45) is 3.47. The van der Waals surface area contributed by atoms with E-state index in [4.69, 9.17) is 9.15 Å². The van der Waals surface area contributed by atoms with Crippen molar-refractivity contribution in [1.29, 1.82) is 0 Å². The molecule has 4 atom stereocenters. The van der Waals surface area contributed by atoms with Crippen LogP contribution in [-0.2, 0) is 10.2 Å². The zero-order valence-corrected chi connectivity index (χ0v) is 22.0. The highest BCUT2D eigenvalue weighted by Gasteiger charge is 2.70. The highest BCUT2D eigenvalue weighted by atomic mass is 16.5. The van der Waals surface area contributed by atoms with E-state index in [-0.39, 0.29) is 17.5 Å². The van der Waals surface area contributed by atoms with Gasteiger partial charge in [0.25, 0.3) is 0 Å². The quantitative estimate of drug-likeness (QED) is 0.341. The largest absolute Gasteiger partial charge is 0.497 e. The van der Waals surface area contributed by atoms with Crippen LogP contribution in [0.2, 0.25) is 0 Å². The van der Waals surface area contributed by atoms with Crippen molar-refractivity contribution >= 4 is 34.4 Å². The molecule has 0 radical (unpaired) electrons. The molecule has 198 valence electrons. The Morgan fingerprint density at radius 3 is 2.55 bits per heavy atom. The number of nitrogens with zero attached hydrogens (tertiary/aromatic N) is 1. The summed E-state index contributed by atoms with van der Waals surface area (Å²) in [5.74, 6) is -1.41. The van der Waals surface area contributed by atoms with Gasteiger partial charge in [0.05, 0.1) is 25.3 Å². The minimum absolute atomic E-state index is 0.110. The molecule has 3 aromatic carbocycles. The summed E-state index contributed by atoms with van der Waals surface area (Å²) in [7, 11) is 1.54. The van der Waals surface area contributed by atoms with E-state index in [0.717, 1.165) is 16.8 Å². The predicted molar refractivity (Wildman–Crippen MR) is 151 cm³/mol. The van der Waals surface area contributed by atoms with Gasteiger partial charge in [-0.05, 0) is 54.5 Å². The Bertz CT molecular complexity index is 1720. The number of benzene rings is 3. The Labute approximate surface area is 231 Å². The van der Waals surface area contributed by atoms with Crippen LogP contribution in [0.5, 0.6) is 5.75 Å². The van der Waals surface area contributed by atoms with Crippen LogP contribution in [0.15, 0.2) is 102 Å². The van der Waals surface area contributed by atoms with E-state index in [1.165, 1.54) is 6.26 Å². The summed E-state index contributed by atoms with van der Waals surface area (Å²) in [5.41, 5.74) is 3.09. The molecule has 3 aliphatic heterocycles. The maximum Gasteiger partial charge on any atom is 0.238 e. The van der Waals surface area contributed by atoms with Gasteiger partial charge in [-0.1, -0.05) is 54.6 Å². The Hall–Kier alpha value is -4.91. The van der Waals surface area contributed by atoms with Gasteiger partial charge in [-0.15, -0.1) is 0 Å². The summed E-state index contributed by atoms with van der Waals surface area (Å²) >= 11 is 0. The van der Waals surface area contributed by atoms with Crippen LogP contribution >= 0.6 is 0 Å². The lowest BCUT2D eigenvalue weighted by Crippen LogP contribution is -2.51. The Morgan fingerprint density at radius 1 is 0.950 bits per heavy atom. The fourth-order valence-corrected chi connectivity index (χ4v) is 6.91. The normalized spacial score (nSPS) is 24.1. The molecule has 7 rings (SSSR count). The molecule has 1 fully saturated rings. The molecule has 4 heterocycles. The first-order chi connectivity index (χ1) is 19.5. The highest BCUT2D eigenvalue weighted by Crippen LogP contribution is 2.58. The van der Waals surface area contributed by atoms with Gasteiger partial charge in [-0.25, -0.2) is 0 Å². The molecule has 7 heteroatoms. The van der Waals surface area contributed by atoms with Crippen molar-refractivity contribution in [2.45, 2.75) is 24.4 Å². The maximum absolute atomic E-state index is 14.7. The van der Waals surface area contributed by atoms with Crippen LogP contribution in [0.3, 0.4) is 0 Å². The molecule has 1 aromatic heterocycles. The number of ether oxygens (including phenoxy) is 1. The first-order valence-corrected chi connectivity index (χ1v) is 13.2. The first-order valence-electron chi connectivity index (χ1n) is 13.2. The number of methoxy groups -OCH3 is 1. The van der Waals surface area contributed by atoms with Crippen molar-refractivity contribution in [3.63, 3.8) is 0 Å². The molecule has 0 unspecified atom stereocenters. The van der Waals surface area contributed by atoms with E-state index in [0.29, 0.717) is 22.6 Å². The van der Waals surface area contributed by atoms with Crippen molar-refractivity contribution in [3.05, 3.63) is 120 Å². The highest BCUT2D eigenvalue weighted by molar-refractivity contribution is 6.18. The van der Waals surface area contributed by atoms with Crippen LogP contribution < -0.4 is 15.0 Å². The number of furan rings is 1. The number of fused-ring (bicyclic) bond motifs is 6. The number of carbonyl (C=O) groups is 3. The van der Waals surface area contributed by atoms with E-state index in [1.807, 2.05) is 66.4 Å². The number of amides is 1. The number of hydrogen-bond donors (Lipinski definition) is 1. The van der Waals surface area contributed by atoms with Gasteiger partial charge in [0.2, 0.25) is 11.7 Å². The van der Waals surface area contributed by atoms with E-state index in [1.54, 1.807) is 43.5 Å². The van der Waals surface area contributed by atoms with Gasteiger partial charge in [0.1, 0.15) is 17.2 Å². The topological polar surface area (TPSA) is 88.9 Å². The number of anilines is 2. The second-order valence-corrected chi connectivity index (χ2v) is 10.4. The minimum atomic E-state index is -1.38. The number of nitrogens with one attached hydrogen (secondary N) is 1. The Kier molecular flexibility index (Phi) is 5.32. The molecular weight excluding hydrogens is 504 g/mol.